The fourth-order valence-electron chi connectivity index (χ4n) is 3.98. The van der Waals surface area contributed by atoms with Crippen molar-refractivity contribution in [2.45, 2.75) is 25.3 Å². The first-order valence-corrected chi connectivity index (χ1v) is 11.8. The maximum Gasteiger partial charge on any atom is 0.251 e. The first-order chi connectivity index (χ1) is 17.1. The van der Waals surface area contributed by atoms with Gasteiger partial charge in [0, 0.05) is 30.4 Å². The van der Waals surface area contributed by atoms with E-state index in [9.17, 15) is 9.59 Å². The van der Waals surface area contributed by atoms with Crippen molar-refractivity contribution in [2.24, 2.45) is 0 Å². The predicted octanol–water partition coefficient (Wildman–Crippen LogP) is 5.03. The van der Waals surface area contributed by atoms with E-state index in [2.05, 4.69) is 21.6 Å². The van der Waals surface area contributed by atoms with Crippen molar-refractivity contribution >= 4 is 11.8 Å². The van der Waals surface area contributed by atoms with E-state index in [0.717, 1.165) is 35.4 Å². The Labute approximate surface area is 206 Å². The molecule has 0 aliphatic carbocycles. The first kappa shape index (κ1) is 24.0. The second kappa shape index (κ2) is 11.8. The molecule has 2 N–H and O–H groups in total. The Hall–Kier alpha value is -4.19. The molecule has 6 heteroatoms. The summed E-state index contributed by atoms with van der Waals surface area (Å²) in [7, 11) is 1.81. The number of aromatic nitrogens is 2. The Morgan fingerprint density at radius 2 is 1.54 bits per heavy atom. The SMILES string of the molecule is CN(CCCc1cc(-c2ccccc2)n[nH]1)C(=O)CC(NC(=O)c1ccccc1)c1ccccc1. The van der Waals surface area contributed by atoms with Crippen LogP contribution >= 0.6 is 0 Å². The molecule has 0 saturated carbocycles. The van der Waals surface area contributed by atoms with E-state index in [4.69, 9.17) is 0 Å². The molecule has 1 atom stereocenters. The van der Waals surface area contributed by atoms with Crippen LogP contribution in [0, 0.1) is 0 Å². The van der Waals surface area contributed by atoms with Crippen LogP contribution in [0.5, 0.6) is 0 Å². The number of nitrogens with one attached hydrogen (secondary N) is 2. The summed E-state index contributed by atoms with van der Waals surface area (Å²) in [6, 6.07) is 30.4. The van der Waals surface area contributed by atoms with E-state index in [1.807, 2.05) is 85.9 Å². The number of hydrogen-bond donors (Lipinski definition) is 2. The van der Waals surface area contributed by atoms with Gasteiger partial charge in [-0.2, -0.15) is 5.10 Å². The lowest BCUT2D eigenvalue weighted by Gasteiger charge is -2.23. The topological polar surface area (TPSA) is 78.1 Å². The van der Waals surface area contributed by atoms with Crippen LogP contribution in [0.1, 0.15) is 40.5 Å². The minimum Gasteiger partial charge on any atom is -0.346 e. The molecule has 0 spiro atoms. The molecule has 2 amide bonds. The maximum absolute atomic E-state index is 13.0. The number of H-pyrrole nitrogens is 1. The van der Waals surface area contributed by atoms with Gasteiger partial charge in [0.2, 0.25) is 5.91 Å². The van der Waals surface area contributed by atoms with Gasteiger partial charge >= 0.3 is 0 Å². The molecular weight excluding hydrogens is 436 g/mol. The van der Waals surface area contributed by atoms with Crippen molar-refractivity contribution in [1.29, 1.82) is 0 Å². The van der Waals surface area contributed by atoms with Crippen LogP contribution < -0.4 is 5.32 Å². The zero-order valence-corrected chi connectivity index (χ0v) is 19.9. The molecule has 6 nitrogen and oxygen atoms in total. The summed E-state index contributed by atoms with van der Waals surface area (Å²) in [5, 5.41) is 10.5. The summed E-state index contributed by atoms with van der Waals surface area (Å²) in [6.45, 7) is 0.618. The Morgan fingerprint density at radius 3 is 2.23 bits per heavy atom. The monoisotopic (exact) mass is 466 g/mol. The average molecular weight is 467 g/mol. The molecule has 0 saturated heterocycles. The highest BCUT2D eigenvalue weighted by atomic mass is 16.2. The summed E-state index contributed by atoms with van der Waals surface area (Å²) < 4.78 is 0. The van der Waals surface area contributed by atoms with Gasteiger partial charge in [0.25, 0.3) is 5.91 Å². The number of nitrogens with zero attached hydrogens (tertiary/aromatic N) is 2. The summed E-state index contributed by atoms with van der Waals surface area (Å²) in [5.74, 6) is -0.204. The van der Waals surface area contributed by atoms with E-state index in [-0.39, 0.29) is 18.2 Å². The number of aryl methyl sites for hydroxylation is 1. The van der Waals surface area contributed by atoms with Gasteiger partial charge in [0.1, 0.15) is 0 Å². The second-order valence-electron chi connectivity index (χ2n) is 8.57. The number of benzene rings is 3. The lowest BCUT2D eigenvalue weighted by Crippen LogP contribution is -2.35. The van der Waals surface area contributed by atoms with E-state index < -0.39 is 6.04 Å². The van der Waals surface area contributed by atoms with Crippen molar-refractivity contribution in [3.63, 3.8) is 0 Å². The van der Waals surface area contributed by atoms with Crippen molar-refractivity contribution < 1.29 is 9.59 Å². The fraction of sp³-hybridized carbons (Fsp3) is 0.207. The van der Waals surface area contributed by atoms with Crippen LogP contribution in [0.15, 0.2) is 97.1 Å². The van der Waals surface area contributed by atoms with Crippen molar-refractivity contribution in [3.05, 3.63) is 114 Å². The number of amides is 2. The van der Waals surface area contributed by atoms with Crippen LogP contribution in [-0.2, 0) is 11.2 Å². The minimum absolute atomic E-state index is 0.0122. The van der Waals surface area contributed by atoms with Crippen LogP contribution in [0.3, 0.4) is 0 Å². The van der Waals surface area contributed by atoms with Gasteiger partial charge in [-0.25, -0.2) is 0 Å². The van der Waals surface area contributed by atoms with Crippen molar-refractivity contribution in [2.75, 3.05) is 13.6 Å². The van der Waals surface area contributed by atoms with Crippen molar-refractivity contribution in [1.82, 2.24) is 20.4 Å². The lowest BCUT2D eigenvalue weighted by molar-refractivity contribution is -0.130. The number of carbonyl (C=O) groups excluding carboxylic acids is 2. The number of hydrogen-bond acceptors (Lipinski definition) is 3. The Morgan fingerprint density at radius 1 is 0.914 bits per heavy atom. The van der Waals surface area contributed by atoms with Gasteiger partial charge < -0.3 is 10.2 Å². The summed E-state index contributed by atoms with van der Waals surface area (Å²) in [4.78, 5) is 27.5. The third-order valence-electron chi connectivity index (χ3n) is 5.99. The zero-order chi connectivity index (χ0) is 24.5. The molecule has 35 heavy (non-hydrogen) atoms. The molecule has 0 aliphatic rings. The molecule has 1 aromatic heterocycles. The van der Waals surface area contributed by atoms with E-state index in [1.54, 1.807) is 17.0 Å². The third kappa shape index (κ3) is 6.67. The van der Waals surface area contributed by atoms with E-state index in [1.165, 1.54) is 0 Å². The average Bonchev–Trinajstić information content (AvgIpc) is 3.38. The van der Waals surface area contributed by atoms with Gasteiger partial charge in [-0.3, -0.25) is 14.7 Å². The van der Waals surface area contributed by atoms with Crippen LogP contribution in [0.25, 0.3) is 11.3 Å². The highest BCUT2D eigenvalue weighted by Crippen LogP contribution is 2.20. The van der Waals surface area contributed by atoms with Crippen LogP contribution in [-0.4, -0.2) is 40.5 Å². The highest BCUT2D eigenvalue weighted by Gasteiger charge is 2.21. The Kier molecular flexibility index (Phi) is 8.07. The van der Waals surface area contributed by atoms with Gasteiger partial charge in [-0.15, -0.1) is 0 Å². The summed E-state index contributed by atoms with van der Waals surface area (Å²) >= 11 is 0. The largest absolute Gasteiger partial charge is 0.346 e. The van der Waals surface area contributed by atoms with Gasteiger partial charge in [-0.05, 0) is 36.6 Å². The highest BCUT2D eigenvalue weighted by molar-refractivity contribution is 5.94. The van der Waals surface area contributed by atoms with E-state index >= 15 is 0 Å². The van der Waals surface area contributed by atoms with Crippen LogP contribution in [0.2, 0.25) is 0 Å². The molecule has 3 aromatic carbocycles. The molecule has 0 aliphatic heterocycles. The minimum atomic E-state index is -0.403. The number of aromatic amines is 1. The third-order valence-corrected chi connectivity index (χ3v) is 5.99. The van der Waals surface area contributed by atoms with Crippen LogP contribution in [0.4, 0.5) is 0 Å². The normalized spacial score (nSPS) is 11.6. The van der Waals surface area contributed by atoms with Gasteiger partial charge in [-0.1, -0.05) is 78.9 Å². The predicted molar refractivity (Wildman–Crippen MR) is 138 cm³/mol. The molecule has 4 rings (SSSR count). The molecule has 178 valence electrons. The van der Waals surface area contributed by atoms with Gasteiger partial charge in [0.15, 0.2) is 0 Å². The standard InChI is InChI=1S/C29H30N4O2/c1-33(19-11-18-25-20-27(32-31-25)23-14-7-3-8-15-23)28(34)21-26(22-12-5-2-6-13-22)30-29(35)24-16-9-4-10-17-24/h2-10,12-17,20,26H,11,18-19,21H2,1H3,(H,30,35)(H,31,32). The summed E-state index contributed by atoms with van der Waals surface area (Å²) in [5.41, 5.74) is 4.52. The number of carbonyl (C=O) groups is 2. The number of rotatable bonds is 10. The lowest BCUT2D eigenvalue weighted by atomic mass is 10.0. The summed E-state index contributed by atoms with van der Waals surface area (Å²) in [6.07, 6.45) is 1.80. The zero-order valence-electron chi connectivity index (χ0n) is 19.9. The molecule has 0 fully saturated rings. The molecular formula is C29H30N4O2. The van der Waals surface area contributed by atoms with Gasteiger partial charge in [0.05, 0.1) is 18.2 Å². The molecule has 0 bridgehead atoms. The molecule has 1 heterocycles. The Balaban J connectivity index is 1.32. The van der Waals surface area contributed by atoms with Crippen molar-refractivity contribution in [3.8, 4) is 11.3 Å². The molecule has 0 radical (unpaired) electrons. The quantitative estimate of drug-likeness (QED) is 0.344. The first-order valence-electron chi connectivity index (χ1n) is 11.8. The van der Waals surface area contributed by atoms with E-state index in [0.29, 0.717) is 12.1 Å². The molecule has 1 unspecified atom stereocenters. The Bertz CT molecular complexity index is 1220. The maximum atomic E-state index is 13.0. The second-order valence-corrected chi connectivity index (χ2v) is 8.57. The smallest absolute Gasteiger partial charge is 0.251 e. The molecule has 4 aromatic rings. The fourth-order valence-corrected chi connectivity index (χ4v) is 3.98.